The molecule has 0 saturated carbocycles. The average molecular weight is 388 g/mol. The van der Waals surface area contributed by atoms with Gasteiger partial charge in [0.15, 0.2) is 11.0 Å². The van der Waals surface area contributed by atoms with E-state index in [1.165, 1.54) is 42.5 Å². The third-order valence-corrected chi connectivity index (χ3v) is 12.4. The molecule has 0 fully saturated rings. The van der Waals surface area contributed by atoms with E-state index in [0.717, 1.165) is 11.1 Å². The molecule has 7 rings (SSSR count). The number of ketones is 1. The lowest BCUT2D eigenvalue weighted by atomic mass is 9.82. The van der Waals surface area contributed by atoms with E-state index >= 15 is 0 Å². The van der Waals surface area contributed by atoms with E-state index in [-0.39, 0.29) is 14.7 Å². The molecule has 4 aromatic rings. The van der Waals surface area contributed by atoms with Gasteiger partial charge < -0.3 is 0 Å². The van der Waals surface area contributed by atoms with E-state index in [0.29, 0.717) is 5.25 Å². The summed E-state index contributed by atoms with van der Waals surface area (Å²) in [6.45, 7) is 0. The fraction of sp³-hybridized carbons (Fsp3) is 0.0455. The van der Waals surface area contributed by atoms with Crippen molar-refractivity contribution >= 4 is 57.9 Å². The van der Waals surface area contributed by atoms with Gasteiger partial charge in [-0.1, -0.05) is 48.5 Å². The highest BCUT2D eigenvalue weighted by Gasteiger charge is 2.58. The smallest absolute Gasteiger partial charge is 0.197 e. The van der Waals surface area contributed by atoms with Gasteiger partial charge in [0, 0.05) is 33.0 Å². The van der Waals surface area contributed by atoms with Crippen LogP contribution in [0.5, 0.6) is 0 Å². The summed E-state index contributed by atoms with van der Waals surface area (Å²) in [5.41, 5.74) is 4.47. The van der Waals surface area contributed by atoms with Crippen LogP contribution >= 0.6 is 21.6 Å². The van der Waals surface area contributed by atoms with Crippen LogP contribution in [0.4, 0.5) is 0 Å². The molecule has 0 amide bonds. The summed E-state index contributed by atoms with van der Waals surface area (Å²) in [4.78, 5) is 16.2. The van der Waals surface area contributed by atoms with Gasteiger partial charge >= 0.3 is 0 Å². The van der Waals surface area contributed by atoms with Crippen molar-refractivity contribution in [3.8, 4) is 0 Å². The minimum absolute atomic E-state index is 0.124. The number of carbonyl (C=O) groups is 1. The van der Waals surface area contributed by atoms with Gasteiger partial charge in [0.2, 0.25) is 0 Å². The Labute approximate surface area is 160 Å². The van der Waals surface area contributed by atoms with Crippen molar-refractivity contribution in [1.29, 1.82) is 0 Å². The number of carbonyl (C=O) groups excluding carboxylic acids is 1. The minimum Gasteiger partial charge on any atom is -0.289 e. The second-order valence-corrected chi connectivity index (χ2v) is 12.8. The van der Waals surface area contributed by atoms with E-state index < -0.39 is 0 Å². The van der Waals surface area contributed by atoms with E-state index in [9.17, 15) is 4.79 Å². The quantitative estimate of drug-likeness (QED) is 0.261. The molecule has 3 aliphatic rings. The number of hydrogen-bond acceptors (Lipinski definition) is 3. The molecule has 0 bridgehead atoms. The molecule has 122 valence electrons. The molecule has 0 radical (unpaired) electrons. The van der Waals surface area contributed by atoms with Crippen LogP contribution in [0.1, 0.15) is 32.3 Å². The Hall–Kier alpha value is -1.88. The van der Waals surface area contributed by atoms with Gasteiger partial charge in [-0.2, -0.15) is 0 Å². The molecule has 0 saturated heterocycles. The number of hydrogen-bond donors (Lipinski definition) is 0. The summed E-state index contributed by atoms with van der Waals surface area (Å²) < 4.78 is 0. The standard InChI is InChI=1S/C22H11OS3/c23-19-15-9-11-5-1-3-7-13(11)20-17(15)22-18-16(19)10-12-6-2-4-8-14(12)21(18)25-26(22)24-20/h1-10,22H/q+1. The lowest BCUT2D eigenvalue weighted by molar-refractivity contribution is 0.103. The molecule has 1 nitrogen and oxygen atoms in total. The van der Waals surface area contributed by atoms with Gasteiger partial charge in [-0.05, 0) is 22.9 Å². The van der Waals surface area contributed by atoms with Crippen LogP contribution in [0.15, 0.2) is 70.5 Å². The fourth-order valence-electron chi connectivity index (χ4n) is 4.50. The second kappa shape index (κ2) is 4.69. The number of benzene rings is 4. The van der Waals surface area contributed by atoms with Crippen molar-refractivity contribution in [3.63, 3.8) is 0 Å². The highest BCUT2D eigenvalue weighted by molar-refractivity contribution is 9.07. The SMILES string of the molecule is O=C1c2cc3ccccc3c3c2C2c4c1cc1ccccc1c4S[S+]2S3. The molecule has 0 spiro atoms. The monoisotopic (exact) mass is 387 g/mol. The van der Waals surface area contributed by atoms with E-state index in [2.05, 4.69) is 60.7 Å². The summed E-state index contributed by atoms with van der Waals surface area (Å²) >= 11 is 0. The third-order valence-electron chi connectivity index (χ3n) is 5.62. The normalized spacial score (nSPS) is 21.6. The summed E-state index contributed by atoms with van der Waals surface area (Å²) in [5, 5.41) is 5.35. The molecular formula is C22H11OS3+. The predicted molar refractivity (Wildman–Crippen MR) is 112 cm³/mol. The summed E-state index contributed by atoms with van der Waals surface area (Å²) in [6.07, 6.45) is 0. The fourth-order valence-corrected chi connectivity index (χ4v) is 12.7. The lowest BCUT2D eigenvalue weighted by Gasteiger charge is -2.20. The average Bonchev–Trinajstić information content (AvgIpc) is 3.23. The minimum atomic E-state index is 0.124. The second-order valence-electron chi connectivity index (χ2n) is 6.91. The first kappa shape index (κ1) is 14.2. The van der Waals surface area contributed by atoms with Gasteiger partial charge in [0.1, 0.15) is 30.5 Å². The summed E-state index contributed by atoms with van der Waals surface area (Å²) in [6, 6.07) is 21.3. The Kier molecular flexibility index (Phi) is 2.56. The van der Waals surface area contributed by atoms with Gasteiger partial charge in [0.25, 0.3) is 0 Å². The molecule has 4 aromatic carbocycles. The largest absolute Gasteiger partial charge is 0.289 e. The zero-order valence-electron chi connectivity index (χ0n) is 13.5. The Morgan fingerprint density at radius 2 is 1.23 bits per heavy atom. The zero-order valence-corrected chi connectivity index (χ0v) is 15.9. The maximum absolute atomic E-state index is 13.5. The molecule has 0 atom stereocenters. The maximum atomic E-state index is 13.5. The maximum Gasteiger partial charge on any atom is 0.197 e. The highest BCUT2D eigenvalue weighted by atomic mass is 33.5. The van der Waals surface area contributed by atoms with Crippen LogP contribution in [-0.4, -0.2) is 5.78 Å². The first-order valence-corrected chi connectivity index (χ1v) is 12.5. The van der Waals surface area contributed by atoms with Gasteiger partial charge in [-0.25, -0.2) is 0 Å². The first-order valence-electron chi connectivity index (χ1n) is 8.57. The van der Waals surface area contributed by atoms with Crippen LogP contribution < -0.4 is 0 Å². The van der Waals surface area contributed by atoms with Crippen LogP contribution in [-0.2, 0) is 8.96 Å². The summed E-state index contributed by atoms with van der Waals surface area (Å²) in [5.74, 6) is 0.207. The Bertz CT molecular complexity index is 1230. The molecule has 2 heterocycles. The van der Waals surface area contributed by atoms with Gasteiger partial charge in [-0.3, -0.25) is 4.79 Å². The topological polar surface area (TPSA) is 17.1 Å². The number of rotatable bonds is 0. The van der Waals surface area contributed by atoms with Crippen molar-refractivity contribution in [3.05, 3.63) is 82.9 Å². The summed E-state index contributed by atoms with van der Waals surface area (Å²) in [7, 11) is 4.10. The Balaban J connectivity index is 1.66. The van der Waals surface area contributed by atoms with Crippen LogP contribution in [0, 0.1) is 0 Å². The van der Waals surface area contributed by atoms with Gasteiger partial charge in [0.05, 0.1) is 9.79 Å². The molecule has 0 N–H and O–H groups in total. The predicted octanol–water partition coefficient (Wildman–Crippen LogP) is 6.29. The Morgan fingerprint density at radius 1 is 0.731 bits per heavy atom. The lowest BCUT2D eigenvalue weighted by Crippen LogP contribution is -2.18. The van der Waals surface area contributed by atoms with E-state index in [4.69, 9.17) is 0 Å². The Morgan fingerprint density at radius 3 is 1.77 bits per heavy atom. The van der Waals surface area contributed by atoms with Crippen molar-refractivity contribution < 1.29 is 4.79 Å². The van der Waals surface area contributed by atoms with E-state index in [1.807, 2.05) is 21.6 Å². The molecule has 26 heavy (non-hydrogen) atoms. The number of fused-ring (bicyclic) bond motifs is 4. The van der Waals surface area contributed by atoms with Crippen LogP contribution in [0.2, 0.25) is 0 Å². The zero-order chi connectivity index (χ0) is 17.0. The van der Waals surface area contributed by atoms with Crippen LogP contribution in [0.3, 0.4) is 0 Å². The van der Waals surface area contributed by atoms with Crippen molar-refractivity contribution in [2.75, 3.05) is 0 Å². The molecule has 0 aromatic heterocycles. The molecular weight excluding hydrogens is 376 g/mol. The molecule has 2 aliphatic heterocycles. The molecule has 4 heteroatoms. The first-order chi connectivity index (χ1) is 12.8. The highest BCUT2D eigenvalue weighted by Crippen LogP contribution is 2.69. The van der Waals surface area contributed by atoms with Crippen LogP contribution in [0.25, 0.3) is 21.5 Å². The van der Waals surface area contributed by atoms with Gasteiger partial charge in [-0.15, -0.1) is 0 Å². The third kappa shape index (κ3) is 1.54. The molecule has 0 unspecified atom stereocenters. The molecule has 1 aliphatic carbocycles. The van der Waals surface area contributed by atoms with Crippen molar-refractivity contribution in [2.45, 2.75) is 15.0 Å². The van der Waals surface area contributed by atoms with Crippen molar-refractivity contribution in [2.24, 2.45) is 0 Å². The van der Waals surface area contributed by atoms with E-state index in [1.54, 1.807) is 0 Å². The van der Waals surface area contributed by atoms with Crippen molar-refractivity contribution in [1.82, 2.24) is 0 Å².